The summed E-state index contributed by atoms with van der Waals surface area (Å²) in [5.41, 5.74) is 1.35. The molecule has 0 saturated heterocycles. The smallest absolute Gasteiger partial charge is 0.545 e. The van der Waals surface area contributed by atoms with E-state index >= 15 is 0 Å². The summed E-state index contributed by atoms with van der Waals surface area (Å²) < 4.78 is 0. The molecule has 1 aromatic rings. The third-order valence-corrected chi connectivity index (χ3v) is 1.16. The second-order valence-corrected chi connectivity index (χ2v) is 3.21. The van der Waals surface area contributed by atoms with Crippen molar-refractivity contribution in [1.29, 1.82) is 0 Å². The second-order valence-electron chi connectivity index (χ2n) is 3.21. The fraction of sp³-hybridized carbons (Fsp3) is 0.385. The Bertz CT molecular complexity index is 213. The van der Waals surface area contributed by atoms with Crippen LogP contribution in [0.4, 0.5) is 0 Å². The van der Waals surface area contributed by atoms with Crippen LogP contribution in [0.3, 0.4) is 0 Å². The largest absolute Gasteiger partial charge is 3.00 e. The number of carbonyl (C=O) groups excluding carboxylic acids is 2. The minimum absolute atomic E-state index is 0. The SMILES string of the molecule is CCc1ccncc1.C[C-](C)C.[CH-]=O.[CH-]=O.[Ru+3]. The topological polar surface area (TPSA) is 47.0 Å². The minimum atomic E-state index is 0. The first kappa shape index (κ1) is 25.1. The van der Waals surface area contributed by atoms with Crippen molar-refractivity contribution in [3.05, 3.63) is 36.0 Å². The van der Waals surface area contributed by atoms with Gasteiger partial charge < -0.3 is 15.5 Å². The Kier molecular flexibility index (Phi) is 36.0. The van der Waals surface area contributed by atoms with E-state index in [4.69, 9.17) is 9.59 Å². The molecule has 0 aromatic carbocycles. The fourth-order valence-electron chi connectivity index (χ4n) is 0.618. The van der Waals surface area contributed by atoms with E-state index in [1.165, 1.54) is 11.5 Å². The van der Waals surface area contributed by atoms with Crippen LogP contribution in [0.5, 0.6) is 0 Å². The Morgan fingerprint density at radius 1 is 1.06 bits per heavy atom. The molecule has 0 amide bonds. The second kappa shape index (κ2) is 24.4. The maximum Gasteiger partial charge on any atom is 3.00 e. The normalized spacial score (nSPS) is 6.88. The van der Waals surface area contributed by atoms with Gasteiger partial charge in [0, 0.05) is 12.4 Å². The van der Waals surface area contributed by atoms with Crippen molar-refractivity contribution < 1.29 is 29.1 Å². The van der Waals surface area contributed by atoms with Crippen LogP contribution >= 0.6 is 0 Å². The molecule has 97 valence electrons. The summed E-state index contributed by atoms with van der Waals surface area (Å²) in [7, 11) is 0. The molecule has 0 fully saturated rings. The zero-order chi connectivity index (χ0) is 13.4. The van der Waals surface area contributed by atoms with Crippen LogP contribution in [-0.2, 0) is 35.5 Å². The molecule has 0 aliphatic heterocycles. The van der Waals surface area contributed by atoms with Gasteiger partial charge in [0.05, 0.1) is 0 Å². The van der Waals surface area contributed by atoms with Gasteiger partial charge >= 0.3 is 19.5 Å². The van der Waals surface area contributed by atoms with E-state index in [2.05, 4.69) is 46.3 Å². The number of hydrogen-bond donors (Lipinski definition) is 0. The molecule has 0 unspecified atom stereocenters. The van der Waals surface area contributed by atoms with Crippen molar-refractivity contribution in [2.24, 2.45) is 0 Å². The Hall–Kier alpha value is -0.887. The molecule has 0 aliphatic rings. The maximum atomic E-state index is 7.75. The van der Waals surface area contributed by atoms with E-state index in [1.807, 2.05) is 24.5 Å². The molecule has 1 radical (unpaired) electrons. The van der Waals surface area contributed by atoms with Crippen LogP contribution in [0.25, 0.3) is 0 Å². The first-order chi connectivity index (χ1) is 7.66. The number of aromatic nitrogens is 1. The van der Waals surface area contributed by atoms with Gasteiger partial charge in [0.25, 0.3) is 0 Å². The summed E-state index contributed by atoms with van der Waals surface area (Å²) in [4.78, 5) is 19.4. The summed E-state index contributed by atoms with van der Waals surface area (Å²) in [6, 6.07) is 4.06. The first-order valence-electron chi connectivity index (χ1n) is 4.79. The molecule has 0 saturated carbocycles. The van der Waals surface area contributed by atoms with Gasteiger partial charge in [-0.2, -0.15) is 20.8 Å². The summed E-state index contributed by atoms with van der Waals surface area (Å²) >= 11 is 0. The molecular formula is C13H20NO2Ru. The van der Waals surface area contributed by atoms with Gasteiger partial charge in [0.15, 0.2) is 0 Å². The van der Waals surface area contributed by atoms with E-state index in [0.717, 1.165) is 6.42 Å². The number of hydrogen-bond acceptors (Lipinski definition) is 3. The first-order valence-corrected chi connectivity index (χ1v) is 4.79. The Labute approximate surface area is 118 Å². The summed E-state index contributed by atoms with van der Waals surface area (Å²) in [5.74, 6) is 1.42. The molecule has 3 nitrogen and oxygen atoms in total. The average Bonchev–Trinajstić information content (AvgIpc) is 2.34. The zero-order valence-corrected chi connectivity index (χ0v) is 12.5. The number of nitrogens with zero attached hydrogens (tertiary/aromatic N) is 1. The van der Waals surface area contributed by atoms with Crippen molar-refractivity contribution in [1.82, 2.24) is 4.98 Å². The predicted molar refractivity (Wildman–Crippen MR) is 67.4 cm³/mol. The van der Waals surface area contributed by atoms with Crippen LogP contribution in [0.15, 0.2) is 24.5 Å². The zero-order valence-electron chi connectivity index (χ0n) is 10.8. The van der Waals surface area contributed by atoms with Crippen molar-refractivity contribution in [3.63, 3.8) is 0 Å². The molecule has 17 heavy (non-hydrogen) atoms. The molecule has 1 rings (SSSR count). The third kappa shape index (κ3) is 31.3. The molecule has 0 aliphatic carbocycles. The molecule has 4 heteroatoms. The average molecular weight is 323 g/mol. The van der Waals surface area contributed by atoms with E-state index < -0.39 is 0 Å². The van der Waals surface area contributed by atoms with E-state index in [1.54, 1.807) is 0 Å². The van der Waals surface area contributed by atoms with Gasteiger partial charge in [-0.05, 0) is 24.1 Å². The van der Waals surface area contributed by atoms with Crippen LogP contribution in [-0.4, -0.2) is 18.6 Å². The summed E-state index contributed by atoms with van der Waals surface area (Å²) in [6.45, 7) is 14.9. The van der Waals surface area contributed by atoms with E-state index in [-0.39, 0.29) is 19.5 Å². The molecule has 0 N–H and O–H groups in total. The van der Waals surface area contributed by atoms with E-state index in [0.29, 0.717) is 0 Å². The van der Waals surface area contributed by atoms with Gasteiger partial charge in [0.1, 0.15) is 0 Å². The van der Waals surface area contributed by atoms with Gasteiger partial charge in [-0.15, -0.1) is 0 Å². The van der Waals surface area contributed by atoms with Crippen molar-refractivity contribution in [2.75, 3.05) is 0 Å². The van der Waals surface area contributed by atoms with Gasteiger partial charge in [-0.1, -0.05) is 6.92 Å². The Balaban J connectivity index is -0.0000000814. The summed E-state index contributed by atoms with van der Waals surface area (Å²) in [6.07, 6.45) is 4.74. The van der Waals surface area contributed by atoms with Crippen molar-refractivity contribution >= 4 is 13.6 Å². The van der Waals surface area contributed by atoms with Crippen LogP contribution in [0, 0.1) is 5.92 Å². The van der Waals surface area contributed by atoms with Crippen molar-refractivity contribution in [2.45, 2.75) is 34.1 Å². The number of pyridine rings is 1. The van der Waals surface area contributed by atoms with Gasteiger partial charge in [-0.3, -0.25) is 18.6 Å². The maximum absolute atomic E-state index is 7.75. The number of rotatable bonds is 1. The fourth-order valence-corrected chi connectivity index (χ4v) is 0.618. The van der Waals surface area contributed by atoms with Gasteiger partial charge in [-0.25, -0.2) is 0 Å². The van der Waals surface area contributed by atoms with Crippen LogP contribution < -0.4 is 0 Å². The molecule has 0 bridgehead atoms. The van der Waals surface area contributed by atoms with Gasteiger partial charge in [0.2, 0.25) is 0 Å². The van der Waals surface area contributed by atoms with Crippen LogP contribution in [0.1, 0.15) is 33.3 Å². The molecule has 1 heterocycles. The molecule has 0 spiro atoms. The molecule has 1 aromatic heterocycles. The van der Waals surface area contributed by atoms with E-state index in [9.17, 15) is 0 Å². The molecule has 0 atom stereocenters. The predicted octanol–water partition coefficient (Wildman–Crippen LogP) is 2.71. The van der Waals surface area contributed by atoms with Crippen molar-refractivity contribution in [3.8, 4) is 0 Å². The quantitative estimate of drug-likeness (QED) is 0.453. The van der Waals surface area contributed by atoms with Crippen LogP contribution in [0.2, 0.25) is 0 Å². The minimum Gasteiger partial charge on any atom is -0.545 e. The standard InChI is InChI=1S/C7H9N.C4H9.2CHO.Ru/c1-2-7-3-5-8-6-4-7;1-4(2)3;2*1-2;/h3-6H,2H2,1H3;1-3H3;2*1H;/q;3*-1;+3. The monoisotopic (exact) mass is 324 g/mol. The molecular weight excluding hydrogens is 303 g/mol. The Morgan fingerprint density at radius 3 is 1.53 bits per heavy atom. The number of aryl methyl sites for hydroxylation is 1. The summed E-state index contributed by atoms with van der Waals surface area (Å²) in [5, 5.41) is 0. The third-order valence-electron chi connectivity index (χ3n) is 1.16. The Morgan fingerprint density at radius 2 is 1.35 bits per heavy atom.